The monoisotopic (exact) mass is 757 g/mol. The molecule has 3 N–H and O–H groups in total. The average Bonchev–Trinajstić information content (AvgIpc) is 4.11. The van der Waals surface area contributed by atoms with Gasteiger partial charge in [0.2, 0.25) is 21.8 Å². The van der Waals surface area contributed by atoms with E-state index in [0.29, 0.717) is 43.7 Å². The molecule has 5 heterocycles. The molecular weight excluding hydrogens is 711 g/mol. The van der Waals surface area contributed by atoms with Crippen molar-refractivity contribution in [2.45, 2.75) is 131 Å². The molecule has 15 heteroatoms. The van der Waals surface area contributed by atoms with Gasteiger partial charge >= 0.3 is 6.01 Å². The lowest BCUT2D eigenvalue weighted by Crippen LogP contribution is -2.58. The maximum atomic E-state index is 14.8. The van der Waals surface area contributed by atoms with Crippen molar-refractivity contribution in [3.05, 3.63) is 53.5 Å². The molecule has 6 aliphatic rings. The lowest BCUT2D eigenvalue weighted by Gasteiger charge is -2.36. The van der Waals surface area contributed by atoms with E-state index in [1.807, 2.05) is 43.3 Å². The van der Waals surface area contributed by atoms with Crippen molar-refractivity contribution in [2.75, 3.05) is 11.9 Å². The lowest BCUT2D eigenvalue weighted by atomic mass is 9.87. The first-order chi connectivity index (χ1) is 25.9. The summed E-state index contributed by atoms with van der Waals surface area (Å²) in [4.78, 5) is 54.4. The maximum absolute atomic E-state index is 14.8. The topological polar surface area (TPSA) is 186 Å². The standard InChI is InChI=1S/C39H47N7O7S/c1-23-31-27(26-11-8-9-12-28(26)40-23)16-17-38(52-31)21-30-33(47)43-39(35(49)45-54(50,51)37(2)18-19-37)20-25(39)10-6-4-3-5-7-13-29(34(48)46(30)22-38)41-36-42-32(44-53-36)24-14-15-24/h6,8-12,24-25,29-30H,3-5,7,13-22H2,1-2H3,(H,43,47)(H,45,49)(H,41,42,44)/t25-,29+,30+,38-,39-/m1/s1. The molecule has 1 saturated heterocycles. The Labute approximate surface area is 314 Å². The van der Waals surface area contributed by atoms with Gasteiger partial charge in [0.25, 0.3) is 5.91 Å². The van der Waals surface area contributed by atoms with Gasteiger partial charge in [-0.15, -0.1) is 0 Å². The van der Waals surface area contributed by atoms with Crippen molar-refractivity contribution >= 4 is 44.7 Å². The Morgan fingerprint density at radius 3 is 2.65 bits per heavy atom. The number of benzene rings is 1. The van der Waals surface area contributed by atoms with Gasteiger partial charge in [0, 0.05) is 29.2 Å². The summed E-state index contributed by atoms with van der Waals surface area (Å²) in [6.07, 6.45) is 12.2. The van der Waals surface area contributed by atoms with Crippen LogP contribution in [0, 0.1) is 12.8 Å². The zero-order valence-electron chi connectivity index (χ0n) is 30.7. The molecule has 1 spiro atoms. The number of hydrogen-bond donors (Lipinski definition) is 3. The smallest absolute Gasteiger partial charge is 0.322 e. The molecule has 0 radical (unpaired) electrons. The number of fused-ring (bicyclic) bond motifs is 5. The maximum Gasteiger partial charge on any atom is 0.322 e. The first-order valence-corrected chi connectivity index (χ1v) is 20.9. The number of nitrogens with one attached hydrogen (secondary N) is 3. The van der Waals surface area contributed by atoms with E-state index in [1.54, 1.807) is 11.8 Å². The summed E-state index contributed by atoms with van der Waals surface area (Å²) in [6, 6.07) is 6.36. The fraction of sp³-hybridized carbons (Fsp3) is 0.590. The second kappa shape index (κ2) is 12.8. The highest BCUT2D eigenvalue weighted by Crippen LogP contribution is 2.49. The molecule has 3 aliphatic heterocycles. The van der Waals surface area contributed by atoms with E-state index < -0.39 is 49.8 Å². The zero-order valence-corrected chi connectivity index (χ0v) is 31.5. The van der Waals surface area contributed by atoms with Crippen molar-refractivity contribution in [3.8, 4) is 5.75 Å². The van der Waals surface area contributed by atoms with Crippen molar-refractivity contribution in [1.29, 1.82) is 0 Å². The van der Waals surface area contributed by atoms with E-state index in [1.165, 1.54) is 0 Å². The molecule has 9 rings (SSSR count). The van der Waals surface area contributed by atoms with Crippen molar-refractivity contribution < 1.29 is 32.1 Å². The van der Waals surface area contributed by atoms with Gasteiger partial charge in [-0.05, 0) is 84.1 Å². The molecule has 0 bridgehead atoms. The quantitative estimate of drug-likeness (QED) is 0.304. The van der Waals surface area contributed by atoms with Crippen LogP contribution in [-0.2, 0) is 30.8 Å². The van der Waals surface area contributed by atoms with Gasteiger partial charge in [0.05, 0.1) is 22.5 Å². The number of amides is 3. The molecule has 4 fully saturated rings. The Bertz CT molecular complexity index is 2180. The van der Waals surface area contributed by atoms with Crippen LogP contribution in [0.5, 0.6) is 5.75 Å². The molecule has 2 aromatic heterocycles. The Morgan fingerprint density at radius 2 is 1.85 bits per heavy atom. The number of ether oxygens (including phenoxy) is 1. The van der Waals surface area contributed by atoms with E-state index >= 15 is 0 Å². The first kappa shape index (κ1) is 35.2. The highest BCUT2D eigenvalue weighted by Gasteiger charge is 2.64. The van der Waals surface area contributed by atoms with Crippen LogP contribution in [0.2, 0.25) is 0 Å². The Kier molecular flexibility index (Phi) is 8.32. The second-order valence-electron chi connectivity index (χ2n) is 16.6. The molecule has 0 unspecified atom stereocenters. The number of carbonyl (C=O) groups excluding carboxylic acids is 3. The van der Waals surface area contributed by atoms with Crippen LogP contribution in [0.3, 0.4) is 0 Å². The fourth-order valence-corrected chi connectivity index (χ4v) is 9.90. The van der Waals surface area contributed by atoms with Crippen molar-refractivity contribution in [1.82, 2.24) is 30.1 Å². The van der Waals surface area contributed by atoms with E-state index in [2.05, 4.69) is 25.5 Å². The number of anilines is 1. The number of pyridine rings is 1. The third-order valence-corrected chi connectivity index (χ3v) is 14.7. The summed E-state index contributed by atoms with van der Waals surface area (Å²) in [5, 5.41) is 11.4. The van der Waals surface area contributed by atoms with E-state index in [9.17, 15) is 22.8 Å². The molecule has 5 atom stereocenters. The summed E-state index contributed by atoms with van der Waals surface area (Å²) in [5.74, 6) is -0.390. The molecule has 286 valence electrons. The van der Waals surface area contributed by atoms with Gasteiger partial charge < -0.3 is 24.8 Å². The Morgan fingerprint density at radius 1 is 1.04 bits per heavy atom. The average molecular weight is 758 g/mol. The van der Waals surface area contributed by atoms with Gasteiger partial charge in [-0.1, -0.05) is 48.3 Å². The molecule has 54 heavy (non-hydrogen) atoms. The lowest BCUT2D eigenvalue weighted by molar-refractivity contribution is -0.140. The minimum absolute atomic E-state index is 0.139. The summed E-state index contributed by atoms with van der Waals surface area (Å²) in [7, 11) is -3.96. The highest BCUT2D eigenvalue weighted by molar-refractivity contribution is 7.91. The SMILES string of the molecule is Cc1nc2ccccc2c2c1O[C@]1(CC2)C[C@H]2C(=O)N[C@]3(C(=O)NS(=O)(=O)C4(C)CC4)C[C@H]3C=CCCCCC[C@H](Nc3nc(C4CC4)no3)C(=O)N2C1. The Hall–Kier alpha value is -4.53. The third kappa shape index (κ3) is 6.21. The molecular formula is C39H47N7O7S. The van der Waals surface area contributed by atoms with E-state index in [-0.39, 0.29) is 43.1 Å². The van der Waals surface area contributed by atoms with Gasteiger partial charge in [0.15, 0.2) is 5.82 Å². The summed E-state index contributed by atoms with van der Waals surface area (Å²) in [5.41, 5.74) is 0.313. The van der Waals surface area contributed by atoms with Gasteiger partial charge in [-0.3, -0.25) is 19.1 Å². The number of aromatic nitrogens is 3. The van der Waals surface area contributed by atoms with Gasteiger partial charge in [0.1, 0.15) is 29.0 Å². The first-order valence-electron chi connectivity index (χ1n) is 19.4. The number of allylic oxidation sites excluding steroid dienone is 1. The van der Waals surface area contributed by atoms with Crippen LogP contribution >= 0.6 is 0 Å². The predicted molar refractivity (Wildman–Crippen MR) is 198 cm³/mol. The van der Waals surface area contributed by atoms with Crippen LogP contribution in [0.1, 0.15) is 107 Å². The number of sulfonamides is 1. The molecule has 3 aromatic rings. The number of nitrogens with zero attached hydrogens (tertiary/aromatic N) is 4. The molecule has 1 aromatic carbocycles. The number of hydrogen-bond acceptors (Lipinski definition) is 11. The van der Waals surface area contributed by atoms with Crippen LogP contribution < -0.4 is 20.1 Å². The molecule has 14 nitrogen and oxygen atoms in total. The van der Waals surface area contributed by atoms with E-state index in [4.69, 9.17) is 14.2 Å². The van der Waals surface area contributed by atoms with Crippen LogP contribution in [0.4, 0.5) is 6.01 Å². The number of para-hydroxylation sites is 1. The van der Waals surface area contributed by atoms with E-state index in [0.717, 1.165) is 60.7 Å². The van der Waals surface area contributed by atoms with Gasteiger partial charge in [-0.25, -0.2) is 13.4 Å². The zero-order chi connectivity index (χ0) is 37.5. The summed E-state index contributed by atoms with van der Waals surface area (Å²) in [6.45, 7) is 3.67. The normalized spacial score (nSPS) is 30.6. The third-order valence-electron chi connectivity index (χ3n) is 12.6. The molecule has 3 saturated carbocycles. The van der Waals surface area contributed by atoms with Crippen molar-refractivity contribution in [3.63, 3.8) is 0 Å². The second-order valence-corrected chi connectivity index (χ2v) is 18.8. The van der Waals surface area contributed by atoms with Gasteiger partial charge in [-0.2, -0.15) is 4.98 Å². The molecule has 3 amide bonds. The fourth-order valence-electron chi connectivity index (χ4n) is 8.59. The highest BCUT2D eigenvalue weighted by atomic mass is 32.2. The van der Waals surface area contributed by atoms with Crippen LogP contribution in [0.25, 0.3) is 10.9 Å². The Balaban J connectivity index is 1.06. The number of aryl methyl sites for hydroxylation is 2. The minimum atomic E-state index is -3.96. The summed E-state index contributed by atoms with van der Waals surface area (Å²) >= 11 is 0. The predicted octanol–water partition coefficient (Wildman–Crippen LogP) is 4.34. The molecule has 3 aliphatic carbocycles. The van der Waals surface area contributed by atoms with Crippen LogP contribution in [0.15, 0.2) is 40.9 Å². The minimum Gasteiger partial charge on any atom is -0.483 e. The van der Waals surface area contributed by atoms with Crippen LogP contribution in [-0.4, -0.2) is 80.7 Å². The summed E-state index contributed by atoms with van der Waals surface area (Å²) < 4.78 is 40.2. The largest absolute Gasteiger partial charge is 0.483 e. The number of carbonyl (C=O) groups is 3. The van der Waals surface area contributed by atoms with Crippen molar-refractivity contribution in [2.24, 2.45) is 5.92 Å². The number of rotatable bonds is 6.